The maximum atomic E-state index is 13.0. The number of pyridine rings is 1. The summed E-state index contributed by atoms with van der Waals surface area (Å²) in [6.07, 6.45) is 4.01. The highest BCUT2D eigenvalue weighted by Gasteiger charge is 2.27. The van der Waals surface area contributed by atoms with Gasteiger partial charge in [-0.25, -0.2) is 9.37 Å². The molecule has 0 aliphatic carbocycles. The van der Waals surface area contributed by atoms with Gasteiger partial charge in [-0.2, -0.15) is 0 Å². The summed E-state index contributed by atoms with van der Waals surface area (Å²) in [5.41, 5.74) is 7.65. The first kappa shape index (κ1) is 15.9. The Morgan fingerprint density at radius 3 is 2.83 bits per heavy atom. The normalized spacial score (nSPS) is 19.8. The third-order valence-electron chi connectivity index (χ3n) is 4.48. The van der Waals surface area contributed by atoms with Crippen LogP contribution in [0.3, 0.4) is 0 Å². The molecule has 1 aliphatic rings. The molecule has 23 heavy (non-hydrogen) atoms. The van der Waals surface area contributed by atoms with Crippen LogP contribution >= 0.6 is 0 Å². The summed E-state index contributed by atoms with van der Waals surface area (Å²) in [6, 6.07) is 10.3. The van der Waals surface area contributed by atoms with Crippen LogP contribution in [0, 0.1) is 5.82 Å². The maximum Gasteiger partial charge on any atom is 0.123 e. The van der Waals surface area contributed by atoms with Gasteiger partial charge in [-0.05, 0) is 61.2 Å². The van der Waals surface area contributed by atoms with Gasteiger partial charge in [0.2, 0.25) is 0 Å². The van der Waals surface area contributed by atoms with Crippen molar-refractivity contribution >= 4 is 5.82 Å². The Kier molecular flexibility index (Phi) is 4.88. The molecule has 5 heteroatoms. The minimum atomic E-state index is -0.566. The molecule has 0 amide bonds. The van der Waals surface area contributed by atoms with Crippen molar-refractivity contribution in [3.8, 4) is 0 Å². The molecule has 1 aliphatic heterocycles. The van der Waals surface area contributed by atoms with Crippen LogP contribution in [-0.2, 0) is 6.54 Å². The average molecular weight is 315 g/mol. The Morgan fingerprint density at radius 2 is 2.09 bits per heavy atom. The standard InChI is InChI=1S/C18H22FN3O/c19-15-5-3-14(4-6-15)17(23)11-16-2-1-9-22(16)12-13-7-8-21-18(20)10-13/h3-8,10,16-17,23H,1-2,9,11-12H2,(H2,20,21)/t16-,17+/m0/s1. The molecule has 0 spiro atoms. The number of rotatable bonds is 5. The molecular formula is C18H22FN3O. The van der Waals surface area contributed by atoms with Crippen molar-refractivity contribution in [2.45, 2.75) is 38.0 Å². The highest BCUT2D eigenvalue weighted by molar-refractivity contribution is 5.31. The van der Waals surface area contributed by atoms with Crippen molar-refractivity contribution < 1.29 is 9.50 Å². The lowest BCUT2D eigenvalue weighted by Crippen LogP contribution is -2.30. The third-order valence-corrected chi connectivity index (χ3v) is 4.48. The van der Waals surface area contributed by atoms with Gasteiger partial charge in [0.05, 0.1) is 6.10 Å². The summed E-state index contributed by atoms with van der Waals surface area (Å²) in [4.78, 5) is 6.39. The summed E-state index contributed by atoms with van der Waals surface area (Å²) < 4.78 is 13.0. The van der Waals surface area contributed by atoms with Crippen LogP contribution in [0.5, 0.6) is 0 Å². The number of aliphatic hydroxyl groups excluding tert-OH is 1. The van der Waals surface area contributed by atoms with E-state index in [0.29, 0.717) is 18.3 Å². The van der Waals surface area contributed by atoms with Gasteiger partial charge >= 0.3 is 0 Å². The van der Waals surface area contributed by atoms with E-state index >= 15 is 0 Å². The van der Waals surface area contributed by atoms with Crippen LogP contribution in [0.4, 0.5) is 10.2 Å². The monoisotopic (exact) mass is 315 g/mol. The van der Waals surface area contributed by atoms with Gasteiger partial charge < -0.3 is 10.8 Å². The fourth-order valence-corrected chi connectivity index (χ4v) is 3.28. The Bertz CT molecular complexity index is 647. The van der Waals surface area contributed by atoms with E-state index in [1.165, 1.54) is 12.1 Å². The number of nitrogens with two attached hydrogens (primary N) is 1. The summed E-state index contributed by atoms with van der Waals surface area (Å²) in [7, 11) is 0. The summed E-state index contributed by atoms with van der Waals surface area (Å²) in [5.74, 6) is 0.253. The van der Waals surface area contributed by atoms with Crippen molar-refractivity contribution in [2.75, 3.05) is 12.3 Å². The minimum absolute atomic E-state index is 0.279. The number of nitrogens with zero attached hydrogens (tertiary/aromatic N) is 2. The Morgan fingerprint density at radius 1 is 1.30 bits per heavy atom. The summed E-state index contributed by atoms with van der Waals surface area (Å²) >= 11 is 0. The molecule has 1 aromatic heterocycles. The molecule has 1 fully saturated rings. The molecule has 0 bridgehead atoms. The number of hydrogen-bond acceptors (Lipinski definition) is 4. The zero-order valence-electron chi connectivity index (χ0n) is 13.0. The average Bonchev–Trinajstić information content (AvgIpc) is 2.95. The molecule has 3 rings (SSSR count). The third kappa shape index (κ3) is 4.06. The smallest absolute Gasteiger partial charge is 0.123 e. The zero-order chi connectivity index (χ0) is 16.2. The van der Waals surface area contributed by atoms with Gasteiger partial charge in [0, 0.05) is 18.8 Å². The predicted octanol–water partition coefficient (Wildman–Crippen LogP) is 2.89. The molecule has 2 heterocycles. The van der Waals surface area contributed by atoms with Crippen LogP contribution < -0.4 is 5.73 Å². The van der Waals surface area contributed by atoms with Gasteiger partial charge in [-0.3, -0.25) is 4.90 Å². The number of benzene rings is 1. The lowest BCUT2D eigenvalue weighted by atomic mass is 10.0. The lowest BCUT2D eigenvalue weighted by molar-refractivity contribution is 0.118. The van der Waals surface area contributed by atoms with E-state index in [2.05, 4.69) is 9.88 Å². The summed E-state index contributed by atoms with van der Waals surface area (Å²) in [6.45, 7) is 1.83. The Hall–Kier alpha value is -1.98. The highest BCUT2D eigenvalue weighted by atomic mass is 19.1. The molecule has 4 nitrogen and oxygen atoms in total. The van der Waals surface area contributed by atoms with Gasteiger partial charge in [0.1, 0.15) is 11.6 Å². The van der Waals surface area contributed by atoms with E-state index in [9.17, 15) is 9.50 Å². The lowest BCUT2D eigenvalue weighted by Gasteiger charge is -2.26. The van der Waals surface area contributed by atoms with Gasteiger partial charge in [0.15, 0.2) is 0 Å². The maximum absolute atomic E-state index is 13.0. The molecule has 0 radical (unpaired) electrons. The SMILES string of the molecule is Nc1cc(CN2CCC[C@H]2C[C@@H](O)c2ccc(F)cc2)ccn1. The van der Waals surface area contributed by atoms with Gasteiger partial charge in [0.25, 0.3) is 0 Å². The number of aromatic nitrogens is 1. The van der Waals surface area contributed by atoms with Crippen LogP contribution in [0.15, 0.2) is 42.6 Å². The molecular weight excluding hydrogens is 293 g/mol. The van der Waals surface area contributed by atoms with Crippen LogP contribution in [0.1, 0.15) is 36.5 Å². The van der Waals surface area contributed by atoms with Crippen molar-refractivity contribution in [2.24, 2.45) is 0 Å². The number of aliphatic hydroxyl groups is 1. The van der Waals surface area contributed by atoms with Crippen molar-refractivity contribution in [1.29, 1.82) is 0 Å². The van der Waals surface area contributed by atoms with Crippen molar-refractivity contribution in [3.05, 3.63) is 59.5 Å². The first-order valence-electron chi connectivity index (χ1n) is 8.00. The fourth-order valence-electron chi connectivity index (χ4n) is 3.28. The molecule has 0 unspecified atom stereocenters. The fraction of sp³-hybridized carbons (Fsp3) is 0.389. The van der Waals surface area contributed by atoms with E-state index in [-0.39, 0.29) is 5.82 Å². The van der Waals surface area contributed by atoms with Crippen molar-refractivity contribution in [3.63, 3.8) is 0 Å². The first-order valence-corrected chi connectivity index (χ1v) is 8.00. The second-order valence-corrected chi connectivity index (χ2v) is 6.16. The number of halogens is 1. The van der Waals surface area contributed by atoms with E-state index in [1.807, 2.05) is 12.1 Å². The molecule has 0 saturated carbocycles. The second-order valence-electron chi connectivity index (χ2n) is 6.16. The largest absolute Gasteiger partial charge is 0.388 e. The van der Waals surface area contributed by atoms with Gasteiger partial charge in [-0.1, -0.05) is 12.1 Å². The quantitative estimate of drug-likeness (QED) is 0.890. The highest BCUT2D eigenvalue weighted by Crippen LogP contribution is 2.28. The Labute approximate surface area is 135 Å². The number of nitrogen functional groups attached to an aromatic ring is 1. The zero-order valence-corrected chi connectivity index (χ0v) is 13.0. The first-order chi connectivity index (χ1) is 11.1. The molecule has 2 aromatic rings. The molecule has 122 valence electrons. The topological polar surface area (TPSA) is 62.4 Å². The van der Waals surface area contributed by atoms with E-state index in [4.69, 9.17) is 5.73 Å². The molecule has 1 aromatic carbocycles. The number of hydrogen-bond donors (Lipinski definition) is 2. The van der Waals surface area contributed by atoms with E-state index in [1.54, 1.807) is 18.3 Å². The predicted molar refractivity (Wildman–Crippen MR) is 88.1 cm³/mol. The van der Waals surface area contributed by atoms with Crippen molar-refractivity contribution in [1.82, 2.24) is 9.88 Å². The van der Waals surface area contributed by atoms with Crippen LogP contribution in [0.2, 0.25) is 0 Å². The molecule has 1 saturated heterocycles. The van der Waals surface area contributed by atoms with E-state index in [0.717, 1.165) is 37.1 Å². The number of anilines is 1. The molecule has 2 atom stereocenters. The van der Waals surface area contributed by atoms with E-state index < -0.39 is 6.10 Å². The second kappa shape index (κ2) is 7.06. The van der Waals surface area contributed by atoms with Crippen LogP contribution in [0.25, 0.3) is 0 Å². The minimum Gasteiger partial charge on any atom is -0.388 e. The summed E-state index contributed by atoms with van der Waals surface area (Å²) in [5, 5.41) is 10.4. The van der Waals surface area contributed by atoms with Gasteiger partial charge in [-0.15, -0.1) is 0 Å². The molecule has 3 N–H and O–H groups in total. The van der Waals surface area contributed by atoms with Crippen LogP contribution in [-0.4, -0.2) is 27.6 Å². The Balaban J connectivity index is 1.63. The number of likely N-dealkylation sites (tertiary alicyclic amines) is 1.